The zero-order chi connectivity index (χ0) is 16.3. The number of hydrogen-bond donors (Lipinski definition) is 2. The first-order valence-electron chi connectivity index (χ1n) is 7.70. The maximum Gasteiger partial charge on any atom is 0.171 e. The third-order valence-corrected chi connectivity index (χ3v) is 4.59. The zero-order valence-electron chi connectivity index (χ0n) is 13.7. The molecule has 22 heavy (non-hydrogen) atoms. The normalized spacial score (nSPS) is 23.7. The Labute approximate surface area is 143 Å². The highest BCUT2D eigenvalue weighted by molar-refractivity contribution is 7.80. The summed E-state index contributed by atoms with van der Waals surface area (Å²) in [6, 6.07) is 5.86. The predicted octanol–water partition coefficient (Wildman–Crippen LogP) is 4.85. The molecule has 0 heterocycles. The molecule has 2 unspecified atom stereocenters. The van der Waals surface area contributed by atoms with Gasteiger partial charge in [0.25, 0.3) is 0 Å². The Morgan fingerprint density at radius 1 is 1.36 bits per heavy atom. The van der Waals surface area contributed by atoms with Crippen LogP contribution < -0.4 is 15.4 Å². The van der Waals surface area contributed by atoms with Gasteiger partial charge in [-0.25, -0.2) is 0 Å². The molecule has 0 spiro atoms. The highest BCUT2D eigenvalue weighted by atomic mass is 35.5. The molecule has 5 heteroatoms. The number of methoxy groups -OCH3 is 1. The van der Waals surface area contributed by atoms with Crippen LogP contribution in [0, 0.1) is 11.3 Å². The largest absolute Gasteiger partial charge is 0.495 e. The predicted molar refractivity (Wildman–Crippen MR) is 97.9 cm³/mol. The van der Waals surface area contributed by atoms with E-state index in [1.807, 2.05) is 12.1 Å². The fraction of sp³-hybridized carbons (Fsp3) is 0.588. The van der Waals surface area contributed by atoms with Crippen LogP contribution in [0.25, 0.3) is 0 Å². The molecule has 1 aliphatic rings. The molecular formula is C17H25ClN2OS. The summed E-state index contributed by atoms with van der Waals surface area (Å²) >= 11 is 11.5. The maximum absolute atomic E-state index is 6.05. The van der Waals surface area contributed by atoms with Gasteiger partial charge in [-0.05, 0) is 61.0 Å². The third kappa shape index (κ3) is 4.75. The van der Waals surface area contributed by atoms with E-state index in [4.69, 9.17) is 28.6 Å². The van der Waals surface area contributed by atoms with Crippen LogP contribution in [0.4, 0.5) is 5.69 Å². The van der Waals surface area contributed by atoms with Crippen LogP contribution in [-0.2, 0) is 0 Å². The van der Waals surface area contributed by atoms with Crippen LogP contribution in [0.5, 0.6) is 5.75 Å². The van der Waals surface area contributed by atoms with Gasteiger partial charge in [-0.15, -0.1) is 0 Å². The molecule has 2 N–H and O–H groups in total. The molecule has 3 nitrogen and oxygen atoms in total. The summed E-state index contributed by atoms with van der Waals surface area (Å²) in [5.74, 6) is 1.44. The lowest BCUT2D eigenvalue weighted by atomic mass is 9.71. The highest BCUT2D eigenvalue weighted by Gasteiger charge is 2.32. The van der Waals surface area contributed by atoms with Crippen molar-refractivity contribution in [3.8, 4) is 5.75 Å². The summed E-state index contributed by atoms with van der Waals surface area (Å²) in [4.78, 5) is 0. The van der Waals surface area contributed by atoms with Gasteiger partial charge >= 0.3 is 0 Å². The standard InChI is InChI=1S/C17H25ClN2OS/c1-11-7-13(10-17(2,3)9-11)19-16(22)20-14-8-12(18)5-6-15(14)21-4/h5-6,8,11,13H,7,9-10H2,1-4H3,(H2,19,20,22). The minimum Gasteiger partial charge on any atom is -0.495 e. The van der Waals surface area contributed by atoms with Gasteiger partial charge in [-0.3, -0.25) is 0 Å². The molecule has 122 valence electrons. The fourth-order valence-corrected chi connectivity index (χ4v) is 4.03. The van der Waals surface area contributed by atoms with E-state index in [2.05, 4.69) is 31.4 Å². The quantitative estimate of drug-likeness (QED) is 0.771. The van der Waals surface area contributed by atoms with Gasteiger partial charge in [0.2, 0.25) is 0 Å². The van der Waals surface area contributed by atoms with E-state index in [1.165, 1.54) is 6.42 Å². The Hall–Kier alpha value is -1.00. The van der Waals surface area contributed by atoms with Crippen LogP contribution >= 0.6 is 23.8 Å². The Morgan fingerprint density at radius 3 is 2.73 bits per heavy atom. The summed E-state index contributed by atoms with van der Waals surface area (Å²) in [6.07, 6.45) is 3.55. The molecule has 0 amide bonds. The third-order valence-electron chi connectivity index (χ3n) is 4.13. The van der Waals surface area contributed by atoms with Crippen molar-refractivity contribution in [1.29, 1.82) is 0 Å². The number of ether oxygens (including phenoxy) is 1. The van der Waals surface area contributed by atoms with Crippen molar-refractivity contribution in [2.75, 3.05) is 12.4 Å². The molecule has 1 aromatic carbocycles. The topological polar surface area (TPSA) is 33.3 Å². The lowest BCUT2D eigenvalue weighted by Crippen LogP contribution is -2.44. The number of anilines is 1. The van der Waals surface area contributed by atoms with Gasteiger partial charge < -0.3 is 15.4 Å². The van der Waals surface area contributed by atoms with Crippen molar-refractivity contribution in [3.05, 3.63) is 23.2 Å². The van der Waals surface area contributed by atoms with E-state index in [1.54, 1.807) is 13.2 Å². The molecule has 2 atom stereocenters. The number of thiocarbonyl (C=S) groups is 1. The first kappa shape index (κ1) is 17.4. The second-order valence-electron chi connectivity index (χ2n) is 7.05. The number of hydrogen-bond acceptors (Lipinski definition) is 2. The van der Waals surface area contributed by atoms with Crippen LogP contribution in [-0.4, -0.2) is 18.3 Å². The molecule has 0 bridgehead atoms. The molecular weight excluding hydrogens is 316 g/mol. The molecule has 0 saturated heterocycles. The van der Waals surface area contributed by atoms with Crippen molar-refractivity contribution in [3.63, 3.8) is 0 Å². The van der Waals surface area contributed by atoms with Gasteiger partial charge in [0, 0.05) is 11.1 Å². The van der Waals surface area contributed by atoms with Crippen molar-refractivity contribution in [2.45, 2.75) is 46.1 Å². The summed E-state index contributed by atoms with van der Waals surface area (Å²) < 4.78 is 5.33. The number of rotatable bonds is 3. The first-order valence-corrected chi connectivity index (χ1v) is 8.49. The minimum atomic E-state index is 0.360. The van der Waals surface area contributed by atoms with E-state index in [9.17, 15) is 0 Å². The molecule has 0 radical (unpaired) electrons. The molecule has 1 fully saturated rings. The monoisotopic (exact) mass is 340 g/mol. The van der Waals surface area contributed by atoms with Gasteiger partial charge in [0.15, 0.2) is 5.11 Å². The average Bonchev–Trinajstić information content (AvgIpc) is 2.36. The molecule has 0 aliphatic heterocycles. The molecule has 2 rings (SSSR count). The number of nitrogens with one attached hydrogen (secondary N) is 2. The molecule has 1 saturated carbocycles. The Bertz CT molecular complexity index is 547. The van der Waals surface area contributed by atoms with E-state index in [0.717, 1.165) is 24.3 Å². The van der Waals surface area contributed by atoms with Crippen LogP contribution in [0.15, 0.2) is 18.2 Å². The van der Waals surface area contributed by atoms with Crippen molar-refractivity contribution in [2.24, 2.45) is 11.3 Å². The number of benzene rings is 1. The molecule has 1 aromatic rings. The van der Waals surface area contributed by atoms with Crippen molar-refractivity contribution < 1.29 is 4.74 Å². The fourth-order valence-electron chi connectivity index (χ4n) is 3.58. The average molecular weight is 341 g/mol. The lowest BCUT2D eigenvalue weighted by Gasteiger charge is -2.39. The van der Waals surface area contributed by atoms with E-state index < -0.39 is 0 Å². The summed E-state index contributed by atoms with van der Waals surface area (Å²) in [5, 5.41) is 7.92. The van der Waals surface area contributed by atoms with Crippen LogP contribution in [0.1, 0.15) is 40.0 Å². The van der Waals surface area contributed by atoms with E-state index >= 15 is 0 Å². The zero-order valence-corrected chi connectivity index (χ0v) is 15.3. The van der Waals surface area contributed by atoms with Gasteiger partial charge in [-0.2, -0.15) is 0 Å². The second kappa shape index (κ2) is 7.05. The van der Waals surface area contributed by atoms with Crippen LogP contribution in [0.3, 0.4) is 0 Å². The van der Waals surface area contributed by atoms with Crippen molar-refractivity contribution >= 4 is 34.6 Å². The molecule has 0 aromatic heterocycles. The first-order chi connectivity index (χ1) is 10.3. The lowest BCUT2D eigenvalue weighted by molar-refractivity contribution is 0.162. The van der Waals surface area contributed by atoms with Crippen LogP contribution in [0.2, 0.25) is 5.02 Å². The summed E-state index contributed by atoms with van der Waals surface area (Å²) in [5.41, 5.74) is 1.15. The Balaban J connectivity index is 2.00. The van der Waals surface area contributed by atoms with E-state index in [0.29, 0.717) is 27.5 Å². The molecule has 1 aliphatic carbocycles. The van der Waals surface area contributed by atoms with Gasteiger partial charge in [-0.1, -0.05) is 32.4 Å². The van der Waals surface area contributed by atoms with Gasteiger partial charge in [0.1, 0.15) is 5.75 Å². The van der Waals surface area contributed by atoms with Gasteiger partial charge in [0.05, 0.1) is 12.8 Å². The smallest absolute Gasteiger partial charge is 0.171 e. The number of halogens is 1. The van der Waals surface area contributed by atoms with E-state index in [-0.39, 0.29) is 0 Å². The second-order valence-corrected chi connectivity index (χ2v) is 7.90. The Kier molecular flexibility index (Phi) is 5.56. The Morgan fingerprint density at radius 2 is 2.09 bits per heavy atom. The SMILES string of the molecule is COc1ccc(Cl)cc1NC(=S)NC1CC(C)CC(C)(C)C1. The summed E-state index contributed by atoms with van der Waals surface area (Å²) in [6.45, 7) is 6.97. The summed E-state index contributed by atoms with van der Waals surface area (Å²) in [7, 11) is 1.64. The maximum atomic E-state index is 6.05. The van der Waals surface area contributed by atoms with Crippen molar-refractivity contribution in [1.82, 2.24) is 5.32 Å². The highest BCUT2D eigenvalue weighted by Crippen LogP contribution is 2.38. The minimum absolute atomic E-state index is 0.360.